The van der Waals surface area contributed by atoms with Crippen molar-refractivity contribution in [2.45, 2.75) is 51.3 Å². The Kier molecular flexibility index (Phi) is 6.74. The van der Waals surface area contributed by atoms with E-state index in [0.717, 1.165) is 25.7 Å². The van der Waals surface area contributed by atoms with E-state index in [0.29, 0.717) is 35.9 Å². The van der Waals surface area contributed by atoms with Crippen LogP contribution in [0.1, 0.15) is 54.4 Å². The molecule has 1 fully saturated rings. The van der Waals surface area contributed by atoms with Crippen molar-refractivity contribution < 1.29 is 18.0 Å². The first kappa shape index (κ1) is 22.9. The van der Waals surface area contributed by atoms with Gasteiger partial charge in [-0.05, 0) is 51.0 Å². The molecule has 1 aliphatic heterocycles. The number of amides is 2. The number of nitrogens with one attached hydrogen (secondary N) is 2. The summed E-state index contributed by atoms with van der Waals surface area (Å²) in [5.74, 6) is -0.440. The van der Waals surface area contributed by atoms with Crippen molar-refractivity contribution in [3.8, 4) is 0 Å². The Morgan fingerprint density at radius 3 is 2.00 bits per heavy atom. The Morgan fingerprint density at radius 2 is 1.45 bits per heavy atom. The summed E-state index contributed by atoms with van der Waals surface area (Å²) < 4.78 is 31.1. The number of aromatic nitrogens is 1. The molecule has 9 heteroatoms. The molecule has 2 amide bonds. The number of benzene rings is 1. The smallest absolute Gasteiger partial charge is 0.264 e. The highest BCUT2D eigenvalue weighted by Crippen LogP contribution is 2.30. The molecule has 1 aliphatic rings. The van der Waals surface area contributed by atoms with Crippen molar-refractivity contribution >= 4 is 33.2 Å². The molecule has 1 aromatic heterocycles. The number of likely N-dealkylation sites (tertiary alicyclic amines) is 1. The highest BCUT2D eigenvalue weighted by molar-refractivity contribution is 7.92. The summed E-state index contributed by atoms with van der Waals surface area (Å²) in [6.07, 6.45) is 4.02. The second kappa shape index (κ2) is 9.13. The standard InChI is InChI=1S/C22H30N4O4S/c1-15-20(22(28)26-13-7-5-6-8-14-26)21(16(2)25(15)4)31(29,30)24-19-11-9-18(10-12-19)23-17(3)27/h9-12,24H,5-8,13-14H2,1-4H3,(H,23,27). The first-order valence-corrected chi connectivity index (χ1v) is 12.0. The number of hydrogen-bond donors (Lipinski definition) is 2. The predicted molar refractivity (Wildman–Crippen MR) is 121 cm³/mol. The van der Waals surface area contributed by atoms with Crippen LogP contribution in [-0.4, -0.2) is 42.8 Å². The van der Waals surface area contributed by atoms with Crippen molar-refractivity contribution in [2.75, 3.05) is 23.1 Å². The SMILES string of the molecule is CC(=O)Nc1ccc(NS(=O)(=O)c2c(C(=O)N3CCCCCC3)c(C)n(C)c2C)cc1. The molecular weight excluding hydrogens is 416 g/mol. The van der Waals surface area contributed by atoms with Gasteiger partial charge in [0.25, 0.3) is 15.9 Å². The maximum atomic E-state index is 13.4. The number of rotatable bonds is 5. The fourth-order valence-corrected chi connectivity index (χ4v) is 5.54. The first-order chi connectivity index (χ1) is 14.6. The van der Waals surface area contributed by atoms with Crippen LogP contribution in [0.15, 0.2) is 29.2 Å². The monoisotopic (exact) mass is 446 g/mol. The van der Waals surface area contributed by atoms with Gasteiger partial charge >= 0.3 is 0 Å². The number of hydrogen-bond acceptors (Lipinski definition) is 4. The Labute approximate surface area is 183 Å². The third-order valence-corrected chi connectivity index (χ3v) is 7.30. The fourth-order valence-electron chi connectivity index (χ4n) is 3.96. The normalized spacial score (nSPS) is 14.8. The minimum atomic E-state index is -4.01. The van der Waals surface area contributed by atoms with E-state index in [-0.39, 0.29) is 22.3 Å². The molecule has 8 nitrogen and oxygen atoms in total. The van der Waals surface area contributed by atoms with Gasteiger partial charge in [0.05, 0.1) is 5.56 Å². The second-order valence-electron chi connectivity index (χ2n) is 8.00. The zero-order valence-corrected chi connectivity index (χ0v) is 19.3. The van der Waals surface area contributed by atoms with Crippen molar-refractivity contribution in [2.24, 2.45) is 7.05 Å². The summed E-state index contributed by atoms with van der Waals surface area (Å²) in [7, 11) is -2.24. The number of anilines is 2. The maximum Gasteiger partial charge on any atom is 0.264 e. The molecule has 0 unspecified atom stereocenters. The zero-order chi connectivity index (χ0) is 22.8. The van der Waals surface area contributed by atoms with Crippen LogP contribution in [0.4, 0.5) is 11.4 Å². The van der Waals surface area contributed by atoms with Crippen LogP contribution in [0.5, 0.6) is 0 Å². The highest BCUT2D eigenvalue weighted by atomic mass is 32.2. The lowest BCUT2D eigenvalue weighted by atomic mass is 10.2. The van der Waals surface area contributed by atoms with Gasteiger partial charge < -0.3 is 14.8 Å². The summed E-state index contributed by atoms with van der Waals surface area (Å²) in [6.45, 7) is 6.17. The number of nitrogens with zero attached hydrogens (tertiary/aromatic N) is 2. The second-order valence-corrected chi connectivity index (χ2v) is 9.62. The van der Waals surface area contributed by atoms with E-state index in [1.54, 1.807) is 54.6 Å². The summed E-state index contributed by atoms with van der Waals surface area (Å²) in [5, 5.41) is 2.64. The van der Waals surface area contributed by atoms with Crippen LogP contribution in [0.25, 0.3) is 0 Å². The molecule has 2 N–H and O–H groups in total. The maximum absolute atomic E-state index is 13.4. The average molecular weight is 447 g/mol. The molecule has 31 heavy (non-hydrogen) atoms. The largest absolute Gasteiger partial charge is 0.350 e. The quantitative estimate of drug-likeness (QED) is 0.735. The molecule has 3 rings (SSSR count). The molecule has 0 spiro atoms. The lowest BCUT2D eigenvalue weighted by Gasteiger charge is -2.21. The third kappa shape index (κ3) is 4.92. The molecule has 1 aromatic carbocycles. The predicted octanol–water partition coefficient (Wildman–Crippen LogP) is 3.42. The number of sulfonamides is 1. The minimum absolute atomic E-state index is 0.0210. The molecule has 0 saturated carbocycles. The lowest BCUT2D eigenvalue weighted by Crippen LogP contribution is -2.33. The van der Waals surface area contributed by atoms with E-state index >= 15 is 0 Å². The number of carbonyl (C=O) groups is 2. The number of carbonyl (C=O) groups excluding carboxylic acids is 2. The molecular formula is C22H30N4O4S. The van der Waals surface area contributed by atoms with Crippen LogP contribution in [-0.2, 0) is 21.9 Å². The Hall–Kier alpha value is -2.81. The summed E-state index contributed by atoms with van der Waals surface area (Å²) >= 11 is 0. The van der Waals surface area contributed by atoms with Crippen LogP contribution in [0, 0.1) is 13.8 Å². The summed E-state index contributed by atoms with van der Waals surface area (Å²) in [6, 6.07) is 6.38. The molecule has 0 aliphatic carbocycles. The minimum Gasteiger partial charge on any atom is -0.350 e. The molecule has 168 valence electrons. The molecule has 2 aromatic rings. The molecule has 0 atom stereocenters. The lowest BCUT2D eigenvalue weighted by molar-refractivity contribution is -0.114. The van der Waals surface area contributed by atoms with Gasteiger partial charge in [-0.15, -0.1) is 0 Å². The zero-order valence-electron chi connectivity index (χ0n) is 18.5. The van der Waals surface area contributed by atoms with E-state index in [2.05, 4.69) is 10.0 Å². The average Bonchev–Trinajstić information content (AvgIpc) is 2.90. The molecule has 2 heterocycles. The van der Waals surface area contributed by atoms with Crippen LogP contribution >= 0.6 is 0 Å². The van der Waals surface area contributed by atoms with E-state index < -0.39 is 10.0 Å². The van der Waals surface area contributed by atoms with E-state index in [9.17, 15) is 18.0 Å². The molecule has 0 radical (unpaired) electrons. The van der Waals surface area contributed by atoms with Crippen LogP contribution in [0.2, 0.25) is 0 Å². The van der Waals surface area contributed by atoms with Crippen molar-refractivity contribution in [3.05, 3.63) is 41.2 Å². The van der Waals surface area contributed by atoms with Gasteiger partial charge in [0.15, 0.2) is 0 Å². The van der Waals surface area contributed by atoms with Crippen LogP contribution < -0.4 is 10.0 Å². The van der Waals surface area contributed by atoms with E-state index in [4.69, 9.17) is 0 Å². The van der Waals surface area contributed by atoms with Gasteiger partial charge in [-0.2, -0.15) is 0 Å². The Bertz CT molecular complexity index is 1080. The Balaban J connectivity index is 1.96. The van der Waals surface area contributed by atoms with Crippen molar-refractivity contribution in [1.29, 1.82) is 0 Å². The summed E-state index contributed by atoms with van der Waals surface area (Å²) in [5.41, 5.74) is 2.30. The fraction of sp³-hybridized carbons (Fsp3) is 0.455. The van der Waals surface area contributed by atoms with Gasteiger partial charge in [-0.25, -0.2) is 8.42 Å². The van der Waals surface area contributed by atoms with Gasteiger partial charge in [0.2, 0.25) is 5.91 Å². The van der Waals surface area contributed by atoms with Crippen molar-refractivity contribution in [3.63, 3.8) is 0 Å². The van der Waals surface area contributed by atoms with E-state index in [1.165, 1.54) is 6.92 Å². The van der Waals surface area contributed by atoms with E-state index in [1.807, 2.05) is 0 Å². The van der Waals surface area contributed by atoms with Crippen molar-refractivity contribution in [1.82, 2.24) is 9.47 Å². The third-order valence-electron chi connectivity index (χ3n) is 5.76. The van der Waals surface area contributed by atoms with Crippen LogP contribution in [0.3, 0.4) is 0 Å². The molecule has 0 bridgehead atoms. The Morgan fingerprint density at radius 1 is 0.903 bits per heavy atom. The first-order valence-electron chi connectivity index (χ1n) is 10.5. The van der Waals surface area contributed by atoms with Gasteiger partial charge in [0, 0.05) is 49.8 Å². The molecule has 1 saturated heterocycles. The topological polar surface area (TPSA) is 101 Å². The van der Waals surface area contributed by atoms with Gasteiger partial charge in [-0.3, -0.25) is 14.3 Å². The highest BCUT2D eigenvalue weighted by Gasteiger charge is 2.33. The summed E-state index contributed by atoms with van der Waals surface area (Å²) in [4.78, 5) is 26.4. The van der Waals surface area contributed by atoms with Gasteiger partial charge in [-0.1, -0.05) is 12.8 Å². The van der Waals surface area contributed by atoms with Gasteiger partial charge in [0.1, 0.15) is 4.90 Å².